The molecule has 1 aromatic carbocycles. The molecule has 1 aliphatic carbocycles. The summed E-state index contributed by atoms with van der Waals surface area (Å²) < 4.78 is 7.89. The molecule has 0 saturated carbocycles. The van der Waals surface area contributed by atoms with Crippen molar-refractivity contribution in [2.24, 2.45) is 11.3 Å². The first kappa shape index (κ1) is 24.8. The normalized spacial score (nSPS) is 16.9. The topological polar surface area (TPSA) is 64.1 Å². The van der Waals surface area contributed by atoms with Crippen LogP contribution in [-0.4, -0.2) is 25.2 Å². The van der Waals surface area contributed by atoms with Gasteiger partial charge < -0.3 is 4.43 Å². The molecule has 3 rings (SSSR count). The molecular formula is C25H36N2O3SSi. The maximum Gasteiger partial charge on any atom is 0.329 e. The van der Waals surface area contributed by atoms with Crippen molar-refractivity contribution in [2.45, 2.75) is 76.5 Å². The Morgan fingerprint density at radius 2 is 1.88 bits per heavy atom. The lowest BCUT2D eigenvalue weighted by atomic mass is 9.76. The van der Waals surface area contributed by atoms with Gasteiger partial charge in [-0.05, 0) is 67.0 Å². The van der Waals surface area contributed by atoms with Crippen LogP contribution in [0.25, 0.3) is 0 Å². The molecule has 1 atom stereocenters. The lowest BCUT2D eigenvalue weighted by Crippen LogP contribution is -2.35. The van der Waals surface area contributed by atoms with Gasteiger partial charge in [-0.2, -0.15) is 0 Å². The van der Waals surface area contributed by atoms with E-state index >= 15 is 0 Å². The molecule has 0 radical (unpaired) electrons. The van der Waals surface area contributed by atoms with Crippen LogP contribution in [0.1, 0.15) is 46.1 Å². The van der Waals surface area contributed by atoms with Gasteiger partial charge in [0.2, 0.25) is 0 Å². The summed E-state index contributed by atoms with van der Waals surface area (Å²) >= 11 is 1.50. The van der Waals surface area contributed by atoms with Gasteiger partial charge in [-0.15, -0.1) is 0 Å². The molecule has 174 valence electrons. The molecule has 1 heterocycles. The monoisotopic (exact) mass is 472 g/mol. The fourth-order valence-electron chi connectivity index (χ4n) is 4.44. The number of aromatic nitrogens is 2. The molecule has 1 aromatic heterocycles. The van der Waals surface area contributed by atoms with E-state index in [1.165, 1.54) is 22.9 Å². The Hall–Kier alpha value is -1.83. The highest BCUT2D eigenvalue weighted by molar-refractivity contribution is 7.99. The number of H-pyrrole nitrogens is 1. The van der Waals surface area contributed by atoms with Gasteiger partial charge in [0, 0.05) is 17.0 Å². The van der Waals surface area contributed by atoms with E-state index in [-0.39, 0.29) is 16.7 Å². The maximum absolute atomic E-state index is 13.1. The van der Waals surface area contributed by atoms with Crippen molar-refractivity contribution in [3.05, 3.63) is 67.9 Å². The highest BCUT2D eigenvalue weighted by Crippen LogP contribution is 2.44. The van der Waals surface area contributed by atoms with Gasteiger partial charge in [0.25, 0.3) is 5.56 Å². The van der Waals surface area contributed by atoms with Gasteiger partial charge in [0.15, 0.2) is 9.04 Å². The van der Waals surface area contributed by atoms with E-state index in [2.05, 4.69) is 38.8 Å². The minimum atomic E-state index is -1.14. The minimum absolute atomic E-state index is 0.0957. The van der Waals surface area contributed by atoms with Crippen LogP contribution in [0.5, 0.6) is 0 Å². The van der Waals surface area contributed by atoms with Crippen LogP contribution >= 0.6 is 11.8 Å². The number of hydrogen-bond acceptors (Lipinski definition) is 4. The standard InChI is InChI=1S/C25H36N2O3SSi/c1-7-19-22(28)26-24(29)27(23(19)31-18-11-9-8-10-12-18)15-20-17(16-30-32(5)6)13-14-21(20)25(2,3)4/h8-12,21,32H,7,13-16H2,1-6H3,(H,26,28,29). The van der Waals surface area contributed by atoms with Crippen LogP contribution in [0.4, 0.5) is 0 Å². The zero-order valence-corrected chi connectivity index (χ0v) is 22.1. The molecule has 0 aliphatic heterocycles. The molecule has 32 heavy (non-hydrogen) atoms. The molecule has 0 saturated heterocycles. The number of nitrogens with one attached hydrogen (secondary N) is 1. The van der Waals surface area contributed by atoms with Gasteiger partial charge in [-0.1, -0.05) is 57.7 Å². The first-order valence-corrected chi connectivity index (χ1v) is 15.1. The van der Waals surface area contributed by atoms with E-state index in [1.807, 2.05) is 37.3 Å². The Bertz CT molecular complexity index is 1080. The van der Waals surface area contributed by atoms with E-state index in [4.69, 9.17) is 4.43 Å². The summed E-state index contributed by atoms with van der Waals surface area (Å²) in [6.07, 6.45) is 2.66. The maximum atomic E-state index is 13.1. The second-order valence-corrected chi connectivity index (χ2v) is 13.3. The average Bonchev–Trinajstić information content (AvgIpc) is 3.13. The van der Waals surface area contributed by atoms with Crippen LogP contribution in [0.2, 0.25) is 13.1 Å². The first-order chi connectivity index (χ1) is 15.1. The zero-order chi connectivity index (χ0) is 23.5. The lowest BCUT2D eigenvalue weighted by molar-refractivity contribution is 0.269. The largest absolute Gasteiger partial charge is 0.417 e. The van der Waals surface area contributed by atoms with E-state index in [0.29, 0.717) is 31.1 Å². The van der Waals surface area contributed by atoms with Crippen LogP contribution in [0.15, 0.2) is 61.0 Å². The third kappa shape index (κ3) is 5.74. The van der Waals surface area contributed by atoms with Crippen molar-refractivity contribution in [1.82, 2.24) is 9.55 Å². The minimum Gasteiger partial charge on any atom is -0.417 e. The van der Waals surface area contributed by atoms with Crippen molar-refractivity contribution in [3.8, 4) is 0 Å². The Labute approximate surface area is 197 Å². The molecule has 0 bridgehead atoms. The molecule has 0 amide bonds. The second kappa shape index (κ2) is 10.4. The van der Waals surface area contributed by atoms with E-state index in [1.54, 1.807) is 4.57 Å². The molecule has 0 spiro atoms. The summed E-state index contributed by atoms with van der Waals surface area (Å²) in [4.78, 5) is 29.3. The summed E-state index contributed by atoms with van der Waals surface area (Å²) in [6.45, 7) is 14.3. The van der Waals surface area contributed by atoms with E-state index in [9.17, 15) is 9.59 Å². The number of benzene rings is 1. The van der Waals surface area contributed by atoms with Gasteiger partial charge >= 0.3 is 5.69 Å². The SMILES string of the molecule is CCc1c(Sc2ccccc2)n(CC2=C(CO[SiH](C)C)CCC2C(C)(C)C)c(=O)[nH]c1=O. The van der Waals surface area contributed by atoms with Crippen LogP contribution in [-0.2, 0) is 17.4 Å². The summed E-state index contributed by atoms with van der Waals surface area (Å²) in [7, 11) is -1.14. The lowest BCUT2D eigenvalue weighted by Gasteiger charge is -2.31. The van der Waals surface area contributed by atoms with Crippen molar-refractivity contribution >= 4 is 20.8 Å². The highest BCUT2D eigenvalue weighted by Gasteiger charge is 2.35. The smallest absolute Gasteiger partial charge is 0.329 e. The highest BCUT2D eigenvalue weighted by atomic mass is 32.2. The fraction of sp³-hybridized carbons (Fsp3) is 0.520. The van der Waals surface area contributed by atoms with Gasteiger partial charge in [0.05, 0.1) is 11.6 Å². The predicted molar refractivity (Wildman–Crippen MR) is 135 cm³/mol. The number of hydrogen-bond donors (Lipinski definition) is 1. The number of aromatic amines is 1. The Balaban J connectivity index is 2.11. The van der Waals surface area contributed by atoms with Crippen molar-refractivity contribution in [2.75, 3.05) is 6.61 Å². The summed E-state index contributed by atoms with van der Waals surface area (Å²) in [6, 6.07) is 9.95. The third-order valence-electron chi connectivity index (χ3n) is 6.13. The molecule has 1 unspecified atom stereocenters. The van der Waals surface area contributed by atoms with E-state index in [0.717, 1.165) is 22.8 Å². The van der Waals surface area contributed by atoms with Crippen LogP contribution in [0.3, 0.4) is 0 Å². The summed E-state index contributed by atoms with van der Waals surface area (Å²) in [5.41, 5.74) is 2.77. The number of allylic oxidation sites excluding steroid dienone is 1. The molecular weight excluding hydrogens is 436 g/mol. The average molecular weight is 473 g/mol. The molecule has 1 N–H and O–H groups in total. The first-order valence-electron chi connectivity index (χ1n) is 11.5. The third-order valence-corrected chi connectivity index (χ3v) is 8.13. The van der Waals surface area contributed by atoms with Crippen LogP contribution in [0, 0.1) is 11.3 Å². The molecule has 2 aromatic rings. The van der Waals surface area contributed by atoms with Crippen molar-refractivity contribution in [1.29, 1.82) is 0 Å². The summed E-state index contributed by atoms with van der Waals surface area (Å²) in [5, 5.41) is 0.748. The van der Waals surface area contributed by atoms with E-state index < -0.39 is 9.04 Å². The number of rotatable bonds is 8. The van der Waals surface area contributed by atoms with Gasteiger partial charge in [-0.3, -0.25) is 14.3 Å². The second-order valence-electron chi connectivity index (χ2n) is 9.84. The van der Waals surface area contributed by atoms with Gasteiger partial charge in [-0.25, -0.2) is 4.79 Å². The Morgan fingerprint density at radius 3 is 2.47 bits per heavy atom. The molecule has 1 aliphatic rings. The van der Waals surface area contributed by atoms with Gasteiger partial charge in [0.1, 0.15) is 0 Å². The van der Waals surface area contributed by atoms with Crippen molar-refractivity contribution in [3.63, 3.8) is 0 Å². The van der Waals surface area contributed by atoms with Crippen LogP contribution < -0.4 is 11.2 Å². The number of nitrogens with zero attached hydrogens (tertiary/aromatic N) is 1. The molecule has 0 fully saturated rings. The zero-order valence-electron chi connectivity index (χ0n) is 20.2. The Kier molecular flexibility index (Phi) is 8.06. The molecule has 5 nitrogen and oxygen atoms in total. The quantitative estimate of drug-likeness (QED) is 0.333. The van der Waals surface area contributed by atoms with Crippen molar-refractivity contribution < 1.29 is 4.43 Å². The summed E-state index contributed by atoms with van der Waals surface area (Å²) in [5.74, 6) is 0.383. The molecule has 7 heteroatoms. The predicted octanol–water partition coefficient (Wildman–Crippen LogP) is 5.00. The Morgan fingerprint density at radius 1 is 1.19 bits per heavy atom. The fourth-order valence-corrected chi connectivity index (χ4v) is 6.11.